The van der Waals surface area contributed by atoms with Crippen LogP contribution in [0.5, 0.6) is 0 Å². The fourth-order valence-electron chi connectivity index (χ4n) is 4.92. The van der Waals surface area contributed by atoms with Crippen molar-refractivity contribution in [2.75, 3.05) is 10.8 Å². The highest BCUT2D eigenvalue weighted by atomic mass is 35.5. The van der Waals surface area contributed by atoms with Crippen LogP contribution < -0.4 is 9.62 Å². The van der Waals surface area contributed by atoms with Crippen LogP contribution >= 0.6 is 34.8 Å². The van der Waals surface area contributed by atoms with Gasteiger partial charge in [0.05, 0.1) is 10.6 Å². The Labute approximate surface area is 256 Å². The minimum atomic E-state index is -4.20. The Balaban J connectivity index is 1.73. The highest BCUT2D eigenvalue weighted by molar-refractivity contribution is 7.92. The van der Waals surface area contributed by atoms with Crippen molar-refractivity contribution in [1.82, 2.24) is 10.2 Å². The molecule has 4 rings (SSSR count). The van der Waals surface area contributed by atoms with Gasteiger partial charge in [-0.25, -0.2) is 8.42 Å². The van der Waals surface area contributed by atoms with E-state index in [4.69, 9.17) is 34.8 Å². The number of hydrogen-bond acceptors (Lipinski definition) is 4. The standard InChI is InChI=1S/C30H32Cl3N3O4S/c1-20-8-3-6-13-28(20)36(41(39,40)24-16-14-22(31)15-17-24)19-29(37)35(18-25-26(32)11-7-12-27(25)33)21(2)30(38)34-23-9-4-5-10-23/h3,6-8,11-17,21,23H,4-5,9-10,18-19H2,1-2H3,(H,34,38)/t21-/m0/s1. The summed E-state index contributed by atoms with van der Waals surface area (Å²) in [6.07, 6.45) is 3.82. The number of halogens is 3. The van der Waals surface area contributed by atoms with E-state index in [2.05, 4.69) is 5.32 Å². The van der Waals surface area contributed by atoms with Crippen LogP contribution in [-0.4, -0.2) is 43.8 Å². The van der Waals surface area contributed by atoms with Crippen LogP contribution in [0.25, 0.3) is 0 Å². The molecule has 7 nitrogen and oxygen atoms in total. The van der Waals surface area contributed by atoms with E-state index >= 15 is 0 Å². The SMILES string of the molecule is Cc1ccccc1N(CC(=O)N(Cc1c(Cl)cccc1Cl)[C@@H](C)C(=O)NC1CCCC1)S(=O)(=O)c1ccc(Cl)cc1. The zero-order valence-corrected chi connectivity index (χ0v) is 25.9. The van der Waals surface area contributed by atoms with Crippen LogP contribution in [0.4, 0.5) is 5.69 Å². The molecular weight excluding hydrogens is 605 g/mol. The molecule has 0 bridgehead atoms. The average Bonchev–Trinajstić information content (AvgIpc) is 3.45. The number of hydrogen-bond donors (Lipinski definition) is 1. The zero-order valence-electron chi connectivity index (χ0n) is 22.8. The molecule has 0 saturated heterocycles. The third-order valence-corrected chi connectivity index (χ3v) is 10.1. The molecule has 11 heteroatoms. The Bertz CT molecular complexity index is 1490. The van der Waals surface area contributed by atoms with Crippen LogP contribution in [0.1, 0.15) is 43.7 Å². The molecule has 1 aliphatic rings. The highest BCUT2D eigenvalue weighted by Gasteiger charge is 2.34. The molecule has 0 radical (unpaired) electrons. The van der Waals surface area contributed by atoms with Gasteiger partial charge in [-0.15, -0.1) is 0 Å². The van der Waals surface area contributed by atoms with E-state index in [-0.39, 0.29) is 23.4 Å². The number of amides is 2. The van der Waals surface area contributed by atoms with E-state index in [1.54, 1.807) is 56.3 Å². The lowest BCUT2D eigenvalue weighted by atomic mass is 10.1. The van der Waals surface area contributed by atoms with Crippen molar-refractivity contribution >= 4 is 62.3 Å². The highest BCUT2D eigenvalue weighted by Crippen LogP contribution is 2.30. The number of nitrogens with one attached hydrogen (secondary N) is 1. The Morgan fingerprint density at radius 3 is 2.15 bits per heavy atom. The van der Waals surface area contributed by atoms with Crippen LogP contribution in [0, 0.1) is 6.92 Å². The summed E-state index contributed by atoms with van der Waals surface area (Å²) in [5.41, 5.74) is 1.47. The van der Waals surface area contributed by atoms with E-state index in [9.17, 15) is 18.0 Å². The topological polar surface area (TPSA) is 86.8 Å². The molecule has 218 valence electrons. The molecule has 0 heterocycles. The molecule has 2 amide bonds. The Hall–Kier alpha value is -2.78. The number of benzene rings is 3. The lowest BCUT2D eigenvalue weighted by Crippen LogP contribution is -2.52. The number of carbonyl (C=O) groups is 2. The second-order valence-corrected chi connectivity index (χ2v) is 13.3. The predicted molar refractivity (Wildman–Crippen MR) is 164 cm³/mol. The number of aryl methyl sites for hydroxylation is 1. The Morgan fingerprint density at radius 1 is 0.927 bits per heavy atom. The lowest BCUT2D eigenvalue weighted by molar-refractivity contribution is -0.139. The fraction of sp³-hybridized carbons (Fsp3) is 0.333. The van der Waals surface area contributed by atoms with Crippen molar-refractivity contribution in [3.8, 4) is 0 Å². The van der Waals surface area contributed by atoms with Gasteiger partial charge in [0, 0.05) is 33.2 Å². The number of anilines is 1. The third kappa shape index (κ3) is 7.36. The zero-order chi connectivity index (χ0) is 29.7. The van der Waals surface area contributed by atoms with E-state index in [0.717, 1.165) is 30.0 Å². The molecule has 0 spiro atoms. The first kappa shape index (κ1) is 31.2. The van der Waals surface area contributed by atoms with Gasteiger partial charge in [-0.2, -0.15) is 0 Å². The molecule has 41 heavy (non-hydrogen) atoms. The molecule has 0 unspecified atom stereocenters. The van der Waals surface area contributed by atoms with Gasteiger partial charge < -0.3 is 10.2 Å². The molecule has 0 aromatic heterocycles. The molecule has 1 saturated carbocycles. The van der Waals surface area contributed by atoms with Gasteiger partial charge >= 0.3 is 0 Å². The first-order valence-electron chi connectivity index (χ1n) is 13.4. The average molecular weight is 637 g/mol. The summed E-state index contributed by atoms with van der Waals surface area (Å²) >= 11 is 18.9. The molecule has 3 aromatic carbocycles. The normalized spacial score (nSPS) is 14.5. The molecule has 1 aliphatic carbocycles. The Kier molecular flexibility index (Phi) is 10.2. The van der Waals surface area contributed by atoms with E-state index < -0.39 is 28.5 Å². The summed E-state index contributed by atoms with van der Waals surface area (Å²) in [7, 11) is -4.20. The lowest BCUT2D eigenvalue weighted by Gasteiger charge is -2.33. The van der Waals surface area contributed by atoms with Gasteiger partial charge in [-0.05, 0) is 74.7 Å². The number of nitrogens with zero attached hydrogens (tertiary/aromatic N) is 2. The number of sulfonamides is 1. The van der Waals surface area contributed by atoms with Crippen molar-refractivity contribution < 1.29 is 18.0 Å². The third-order valence-electron chi connectivity index (χ3n) is 7.32. The van der Waals surface area contributed by atoms with Gasteiger partial charge in [0.15, 0.2) is 0 Å². The fourth-order valence-corrected chi connectivity index (χ4v) is 7.04. The quantitative estimate of drug-likeness (QED) is 0.271. The largest absolute Gasteiger partial charge is 0.352 e. The van der Waals surface area contributed by atoms with Gasteiger partial charge in [-0.3, -0.25) is 13.9 Å². The van der Waals surface area contributed by atoms with Gasteiger partial charge in [0.2, 0.25) is 11.8 Å². The smallest absolute Gasteiger partial charge is 0.264 e. The minimum Gasteiger partial charge on any atom is -0.352 e. The van der Waals surface area contributed by atoms with Gasteiger partial charge in [0.1, 0.15) is 12.6 Å². The first-order chi connectivity index (χ1) is 19.5. The maximum absolute atomic E-state index is 14.1. The maximum Gasteiger partial charge on any atom is 0.264 e. The van der Waals surface area contributed by atoms with Crippen molar-refractivity contribution in [2.24, 2.45) is 0 Å². The maximum atomic E-state index is 14.1. The van der Waals surface area contributed by atoms with E-state index in [0.29, 0.717) is 31.9 Å². The van der Waals surface area contributed by atoms with Crippen LogP contribution in [-0.2, 0) is 26.2 Å². The second kappa shape index (κ2) is 13.5. The molecule has 1 fully saturated rings. The van der Waals surface area contributed by atoms with Crippen molar-refractivity contribution in [2.45, 2.75) is 63.1 Å². The molecular formula is C30H32Cl3N3O4S. The van der Waals surface area contributed by atoms with Gasteiger partial charge in [-0.1, -0.05) is 71.9 Å². The summed E-state index contributed by atoms with van der Waals surface area (Å²) in [5, 5.41) is 4.10. The first-order valence-corrected chi connectivity index (χ1v) is 15.9. The monoisotopic (exact) mass is 635 g/mol. The minimum absolute atomic E-state index is 0.0225. The summed E-state index contributed by atoms with van der Waals surface area (Å²) < 4.78 is 29.0. The van der Waals surface area contributed by atoms with E-state index in [1.165, 1.54) is 29.2 Å². The van der Waals surface area contributed by atoms with Crippen molar-refractivity contribution in [1.29, 1.82) is 0 Å². The summed E-state index contributed by atoms with van der Waals surface area (Å²) in [4.78, 5) is 28.8. The van der Waals surface area contributed by atoms with Crippen molar-refractivity contribution in [3.05, 3.63) is 92.9 Å². The number of rotatable bonds is 10. The predicted octanol–water partition coefficient (Wildman–Crippen LogP) is 6.63. The number of para-hydroxylation sites is 1. The Morgan fingerprint density at radius 2 is 1.54 bits per heavy atom. The summed E-state index contributed by atoms with van der Waals surface area (Å²) in [5.74, 6) is -0.910. The second-order valence-electron chi connectivity index (χ2n) is 10.1. The van der Waals surface area contributed by atoms with Crippen LogP contribution in [0.2, 0.25) is 15.1 Å². The van der Waals surface area contributed by atoms with Gasteiger partial charge in [0.25, 0.3) is 10.0 Å². The number of carbonyl (C=O) groups excluding carboxylic acids is 2. The van der Waals surface area contributed by atoms with Crippen molar-refractivity contribution in [3.63, 3.8) is 0 Å². The van der Waals surface area contributed by atoms with Crippen LogP contribution in [0.3, 0.4) is 0 Å². The molecule has 3 aromatic rings. The summed E-state index contributed by atoms with van der Waals surface area (Å²) in [6.45, 7) is 2.75. The van der Waals surface area contributed by atoms with E-state index in [1.807, 2.05) is 0 Å². The molecule has 0 aliphatic heterocycles. The van der Waals surface area contributed by atoms with Crippen LogP contribution in [0.15, 0.2) is 71.6 Å². The molecule has 1 atom stereocenters. The molecule has 1 N–H and O–H groups in total. The summed E-state index contributed by atoms with van der Waals surface area (Å²) in [6, 6.07) is 16.8.